The Labute approximate surface area is 202 Å². The third kappa shape index (κ3) is 5.70. The SMILES string of the molecule is CCCC(NC(=O)[C@@H]1[C@@H]2[C@H](CN1C(=O)[C@@H](NC(=O)NC(C)C)C(C)(C)C)C2(C)C)C(=O)C(N)=O. The highest BCUT2D eigenvalue weighted by atomic mass is 16.2. The van der Waals surface area contributed by atoms with Crippen molar-refractivity contribution in [1.82, 2.24) is 20.9 Å². The fourth-order valence-corrected chi connectivity index (χ4v) is 5.05. The lowest BCUT2D eigenvalue weighted by Crippen LogP contribution is -2.61. The summed E-state index contributed by atoms with van der Waals surface area (Å²) in [6, 6.07) is -3.24. The molecule has 2 aliphatic rings. The van der Waals surface area contributed by atoms with Gasteiger partial charge in [0.05, 0.1) is 6.04 Å². The van der Waals surface area contributed by atoms with Crippen molar-refractivity contribution >= 4 is 29.5 Å². The van der Waals surface area contributed by atoms with Crippen molar-refractivity contribution in [2.24, 2.45) is 28.4 Å². The second-order valence-electron chi connectivity index (χ2n) is 11.5. The van der Waals surface area contributed by atoms with Crippen LogP contribution in [0.5, 0.6) is 0 Å². The highest BCUT2D eigenvalue weighted by molar-refractivity contribution is 6.37. The highest BCUT2D eigenvalue weighted by Crippen LogP contribution is 2.65. The Morgan fingerprint density at radius 2 is 1.65 bits per heavy atom. The van der Waals surface area contributed by atoms with E-state index < -0.39 is 47.2 Å². The number of rotatable bonds is 9. The Morgan fingerprint density at radius 3 is 2.12 bits per heavy atom. The van der Waals surface area contributed by atoms with Crippen LogP contribution in [0.4, 0.5) is 4.79 Å². The molecule has 1 saturated heterocycles. The molecule has 192 valence electrons. The predicted octanol–water partition coefficient (Wildman–Crippen LogP) is 0.931. The molecule has 0 radical (unpaired) electrons. The summed E-state index contributed by atoms with van der Waals surface area (Å²) < 4.78 is 0. The Bertz CT molecular complexity index is 847. The van der Waals surface area contributed by atoms with E-state index in [9.17, 15) is 24.0 Å². The molecule has 2 rings (SSSR count). The number of Topliss-reactive ketones (excluding diaryl/α,β-unsaturated/α-hetero) is 1. The third-order valence-electron chi connectivity index (χ3n) is 7.02. The largest absolute Gasteiger partial charge is 0.363 e. The molecule has 1 heterocycles. The number of carbonyl (C=O) groups excluding carboxylic acids is 5. The average molecular weight is 480 g/mol. The van der Waals surface area contributed by atoms with Crippen LogP contribution in [0.15, 0.2) is 0 Å². The number of primary amides is 1. The molecule has 5 amide bonds. The number of likely N-dealkylation sites (tertiary alicyclic amines) is 1. The normalized spacial score (nSPS) is 24.6. The number of nitrogens with zero attached hydrogens (tertiary/aromatic N) is 1. The molecular weight excluding hydrogens is 438 g/mol. The van der Waals surface area contributed by atoms with Gasteiger partial charge in [0.2, 0.25) is 17.6 Å². The van der Waals surface area contributed by atoms with E-state index in [0.717, 1.165) is 0 Å². The molecule has 1 aliphatic carbocycles. The van der Waals surface area contributed by atoms with Crippen molar-refractivity contribution in [3.63, 3.8) is 0 Å². The van der Waals surface area contributed by atoms with E-state index in [2.05, 4.69) is 29.8 Å². The van der Waals surface area contributed by atoms with Gasteiger partial charge in [-0.15, -0.1) is 0 Å². The minimum atomic E-state index is -1.10. The van der Waals surface area contributed by atoms with Gasteiger partial charge in [-0.2, -0.15) is 0 Å². The predicted molar refractivity (Wildman–Crippen MR) is 127 cm³/mol. The summed E-state index contributed by atoms with van der Waals surface area (Å²) in [6.07, 6.45) is 0.836. The van der Waals surface area contributed by atoms with Crippen LogP contribution in [-0.4, -0.2) is 65.1 Å². The zero-order chi connectivity index (χ0) is 26.2. The van der Waals surface area contributed by atoms with E-state index in [-0.39, 0.29) is 35.6 Å². The second kappa shape index (κ2) is 9.92. The van der Waals surface area contributed by atoms with Gasteiger partial charge >= 0.3 is 6.03 Å². The molecule has 0 bridgehead atoms. The molecule has 5 atom stereocenters. The van der Waals surface area contributed by atoms with Crippen LogP contribution in [0.2, 0.25) is 0 Å². The number of nitrogens with two attached hydrogens (primary N) is 1. The smallest absolute Gasteiger partial charge is 0.315 e. The Morgan fingerprint density at radius 1 is 1.06 bits per heavy atom. The summed E-state index contributed by atoms with van der Waals surface area (Å²) in [7, 11) is 0. The van der Waals surface area contributed by atoms with Crippen molar-refractivity contribution in [2.45, 2.75) is 92.4 Å². The van der Waals surface area contributed by atoms with E-state index in [1.54, 1.807) is 0 Å². The van der Waals surface area contributed by atoms with E-state index in [1.807, 2.05) is 41.5 Å². The van der Waals surface area contributed by atoms with Crippen LogP contribution in [0, 0.1) is 22.7 Å². The van der Waals surface area contributed by atoms with Gasteiger partial charge in [0.15, 0.2) is 0 Å². The molecule has 1 saturated carbocycles. The van der Waals surface area contributed by atoms with Gasteiger partial charge in [-0.1, -0.05) is 48.0 Å². The lowest BCUT2D eigenvalue weighted by molar-refractivity contribution is -0.145. The molecule has 1 unspecified atom stereocenters. The van der Waals surface area contributed by atoms with Crippen LogP contribution in [0.3, 0.4) is 0 Å². The number of hydrogen-bond acceptors (Lipinski definition) is 5. The number of hydrogen-bond donors (Lipinski definition) is 4. The van der Waals surface area contributed by atoms with Gasteiger partial charge < -0.3 is 26.6 Å². The van der Waals surface area contributed by atoms with E-state index >= 15 is 0 Å². The summed E-state index contributed by atoms with van der Waals surface area (Å²) in [5, 5.41) is 8.20. The number of carbonyl (C=O) groups is 5. The number of nitrogens with one attached hydrogen (secondary N) is 3. The first-order valence-electron chi connectivity index (χ1n) is 12.1. The molecule has 34 heavy (non-hydrogen) atoms. The van der Waals surface area contributed by atoms with Crippen molar-refractivity contribution in [2.75, 3.05) is 6.54 Å². The van der Waals surface area contributed by atoms with Gasteiger partial charge in [-0.25, -0.2) is 4.79 Å². The number of ketones is 1. The summed E-state index contributed by atoms with van der Waals surface area (Å²) in [6.45, 7) is 15.5. The summed E-state index contributed by atoms with van der Waals surface area (Å²) in [5.74, 6) is -2.71. The molecule has 1 aliphatic heterocycles. The average Bonchev–Trinajstić information content (AvgIpc) is 3.04. The quantitative estimate of drug-likeness (QED) is 0.363. The lowest BCUT2D eigenvalue weighted by atomic mass is 9.85. The van der Waals surface area contributed by atoms with Crippen LogP contribution >= 0.6 is 0 Å². The molecule has 10 heteroatoms. The molecule has 0 aromatic carbocycles. The zero-order valence-corrected chi connectivity index (χ0v) is 21.7. The topological polar surface area (TPSA) is 151 Å². The number of amides is 5. The lowest BCUT2D eigenvalue weighted by Gasteiger charge is -2.38. The van der Waals surface area contributed by atoms with E-state index in [0.29, 0.717) is 13.0 Å². The monoisotopic (exact) mass is 479 g/mol. The Hall–Kier alpha value is -2.65. The van der Waals surface area contributed by atoms with E-state index in [4.69, 9.17) is 5.73 Å². The first-order valence-corrected chi connectivity index (χ1v) is 12.1. The van der Waals surface area contributed by atoms with Crippen molar-refractivity contribution in [1.29, 1.82) is 0 Å². The summed E-state index contributed by atoms with van der Waals surface area (Å²) in [5.41, 5.74) is 4.43. The second-order valence-corrected chi connectivity index (χ2v) is 11.5. The maximum absolute atomic E-state index is 13.7. The molecule has 0 aromatic rings. The maximum Gasteiger partial charge on any atom is 0.315 e. The van der Waals surface area contributed by atoms with Gasteiger partial charge in [0.25, 0.3) is 5.91 Å². The Kier molecular flexibility index (Phi) is 8.05. The first kappa shape index (κ1) is 27.6. The zero-order valence-electron chi connectivity index (χ0n) is 21.7. The van der Waals surface area contributed by atoms with Crippen LogP contribution < -0.4 is 21.7 Å². The van der Waals surface area contributed by atoms with Gasteiger partial charge in [0.1, 0.15) is 12.1 Å². The van der Waals surface area contributed by atoms with Crippen molar-refractivity contribution < 1.29 is 24.0 Å². The molecular formula is C24H41N5O5. The summed E-state index contributed by atoms with van der Waals surface area (Å²) >= 11 is 0. The molecule has 0 aromatic heterocycles. The fourth-order valence-electron chi connectivity index (χ4n) is 5.05. The standard InChI is InChI=1S/C24H41N5O5/c1-9-10-14(17(30)19(25)31)27-20(32)16-15-13(24(15,7)8)11-29(16)21(33)18(23(4,5)6)28-22(34)26-12(2)3/h12-16,18H,9-11H2,1-8H3,(H2,25,31)(H,27,32)(H2,26,28,34)/t13-,14?,15-,16-,18+/m0/s1. The van der Waals surface area contributed by atoms with Crippen molar-refractivity contribution in [3.05, 3.63) is 0 Å². The number of fused-ring (bicyclic) bond motifs is 1. The highest BCUT2D eigenvalue weighted by Gasteiger charge is 2.69. The molecule has 5 N–H and O–H groups in total. The van der Waals surface area contributed by atoms with Crippen LogP contribution in [-0.2, 0) is 19.2 Å². The number of piperidine rings is 1. The first-order chi connectivity index (χ1) is 15.5. The minimum absolute atomic E-state index is 0.0764. The number of urea groups is 1. The minimum Gasteiger partial charge on any atom is -0.363 e. The van der Waals surface area contributed by atoms with Gasteiger partial charge in [0, 0.05) is 12.6 Å². The van der Waals surface area contributed by atoms with Crippen LogP contribution in [0.1, 0.15) is 68.2 Å². The van der Waals surface area contributed by atoms with Crippen molar-refractivity contribution in [3.8, 4) is 0 Å². The Balaban J connectivity index is 2.31. The van der Waals surface area contributed by atoms with E-state index in [1.165, 1.54) is 4.90 Å². The summed E-state index contributed by atoms with van der Waals surface area (Å²) in [4.78, 5) is 64.8. The molecule has 0 spiro atoms. The molecule has 2 fully saturated rings. The van der Waals surface area contributed by atoms with Gasteiger partial charge in [-0.3, -0.25) is 19.2 Å². The third-order valence-corrected chi connectivity index (χ3v) is 7.02. The van der Waals surface area contributed by atoms with Gasteiger partial charge in [-0.05, 0) is 42.9 Å². The molecule has 10 nitrogen and oxygen atoms in total. The maximum atomic E-state index is 13.7. The fraction of sp³-hybridized carbons (Fsp3) is 0.792. The van der Waals surface area contributed by atoms with Crippen LogP contribution in [0.25, 0.3) is 0 Å².